The fraction of sp³-hybridized carbons (Fsp3) is 0.750. The molecule has 0 bridgehead atoms. The Bertz CT molecular complexity index is 407. The van der Waals surface area contributed by atoms with E-state index in [-0.39, 0.29) is 23.7 Å². The van der Waals surface area contributed by atoms with Crippen LogP contribution in [0.1, 0.15) is 27.2 Å². The van der Waals surface area contributed by atoms with Gasteiger partial charge in [0.25, 0.3) is 0 Å². The molecule has 1 aliphatic heterocycles. The summed E-state index contributed by atoms with van der Waals surface area (Å²) in [5.74, 6) is -1.40. The van der Waals surface area contributed by atoms with Crippen LogP contribution in [-0.4, -0.2) is 57.5 Å². The van der Waals surface area contributed by atoms with Crippen LogP contribution in [0.15, 0.2) is 0 Å². The molecule has 1 fully saturated rings. The maximum Gasteiger partial charge on any atom is 0.407 e. The van der Waals surface area contributed by atoms with Crippen LogP contribution in [0.4, 0.5) is 4.79 Å². The van der Waals surface area contributed by atoms with E-state index in [1.165, 1.54) is 4.90 Å². The molecule has 1 saturated heterocycles. The maximum atomic E-state index is 11.7. The highest BCUT2D eigenvalue weighted by molar-refractivity contribution is 9.09. The van der Waals surface area contributed by atoms with Gasteiger partial charge >= 0.3 is 12.1 Å². The quantitative estimate of drug-likeness (QED) is 0.736. The number of nitrogens with zero attached hydrogens (tertiary/aromatic N) is 1. The van der Waals surface area contributed by atoms with Crippen molar-refractivity contribution in [2.75, 3.05) is 13.1 Å². The van der Waals surface area contributed by atoms with Crippen LogP contribution in [0.2, 0.25) is 0 Å². The summed E-state index contributed by atoms with van der Waals surface area (Å²) in [5.41, 5.74) is -0.660. The van der Waals surface area contributed by atoms with Gasteiger partial charge < -0.3 is 20.1 Å². The molecule has 7 nitrogen and oxygen atoms in total. The lowest BCUT2D eigenvalue weighted by atomic mass is 10.2. The Balaban J connectivity index is 2.59. The first kappa shape index (κ1) is 16.7. The van der Waals surface area contributed by atoms with Gasteiger partial charge in [-0.3, -0.25) is 4.79 Å². The Morgan fingerprint density at radius 1 is 1.55 bits per heavy atom. The van der Waals surface area contributed by atoms with E-state index in [9.17, 15) is 19.5 Å². The zero-order valence-electron chi connectivity index (χ0n) is 11.7. The summed E-state index contributed by atoms with van der Waals surface area (Å²) in [4.78, 5) is 35.6. The van der Waals surface area contributed by atoms with Gasteiger partial charge in [-0.1, -0.05) is 15.9 Å². The van der Waals surface area contributed by atoms with E-state index in [0.717, 1.165) is 0 Å². The number of carbonyl (C=O) groups excluding carboxylic acids is 2. The third kappa shape index (κ3) is 4.99. The Kier molecular flexibility index (Phi) is 5.38. The summed E-state index contributed by atoms with van der Waals surface area (Å²) in [6.07, 6.45) is -0.443. The molecule has 2 N–H and O–H groups in total. The van der Waals surface area contributed by atoms with Crippen molar-refractivity contribution in [3.05, 3.63) is 0 Å². The fourth-order valence-corrected chi connectivity index (χ4v) is 2.40. The lowest BCUT2D eigenvalue weighted by Gasteiger charge is -2.25. The summed E-state index contributed by atoms with van der Waals surface area (Å²) >= 11 is 3.29. The molecule has 0 aromatic rings. The van der Waals surface area contributed by atoms with Crippen molar-refractivity contribution in [2.45, 2.75) is 43.7 Å². The van der Waals surface area contributed by atoms with Gasteiger partial charge in [-0.05, 0) is 20.8 Å². The molecule has 20 heavy (non-hydrogen) atoms. The summed E-state index contributed by atoms with van der Waals surface area (Å²) in [6, 6.07) is -1.09. The molecule has 0 radical (unpaired) electrons. The standard InChI is InChI=1S/C12H19BrN2O5/c1-12(2,3)20-11(19)14-5-8(10(17)18)15-6-7(13)4-9(15)16/h7-8H,4-6H2,1-3H3,(H,14,19)(H,17,18)/t7?,8-/m1/s1. The number of alkyl carbamates (subject to hydrolysis) is 1. The van der Waals surface area contributed by atoms with E-state index in [2.05, 4.69) is 21.2 Å². The van der Waals surface area contributed by atoms with Gasteiger partial charge in [0.05, 0.1) is 6.54 Å². The van der Waals surface area contributed by atoms with E-state index in [4.69, 9.17) is 4.74 Å². The van der Waals surface area contributed by atoms with Crippen LogP contribution in [-0.2, 0) is 14.3 Å². The predicted molar refractivity (Wildman–Crippen MR) is 74.7 cm³/mol. The zero-order chi connectivity index (χ0) is 15.5. The molecule has 0 aromatic carbocycles. The highest BCUT2D eigenvalue weighted by atomic mass is 79.9. The first-order valence-corrected chi connectivity index (χ1v) is 7.15. The van der Waals surface area contributed by atoms with Gasteiger partial charge in [0.15, 0.2) is 0 Å². The van der Waals surface area contributed by atoms with E-state index in [1.54, 1.807) is 20.8 Å². The molecule has 0 aromatic heterocycles. The van der Waals surface area contributed by atoms with Crippen LogP contribution in [0, 0.1) is 0 Å². The minimum absolute atomic E-state index is 0.0571. The second kappa shape index (κ2) is 6.43. The number of rotatable bonds is 4. The van der Waals surface area contributed by atoms with Gasteiger partial charge in [-0.25, -0.2) is 9.59 Å². The molecular weight excluding hydrogens is 332 g/mol. The lowest BCUT2D eigenvalue weighted by molar-refractivity contribution is -0.148. The van der Waals surface area contributed by atoms with Gasteiger partial charge in [0.1, 0.15) is 11.6 Å². The number of ether oxygens (including phenoxy) is 1. The average molecular weight is 351 g/mol. The van der Waals surface area contributed by atoms with Crippen molar-refractivity contribution in [2.24, 2.45) is 0 Å². The van der Waals surface area contributed by atoms with Crippen LogP contribution < -0.4 is 5.32 Å². The monoisotopic (exact) mass is 350 g/mol. The minimum Gasteiger partial charge on any atom is -0.480 e. The van der Waals surface area contributed by atoms with Crippen molar-refractivity contribution in [3.63, 3.8) is 0 Å². The summed E-state index contributed by atoms with van der Waals surface area (Å²) in [6.45, 7) is 5.25. The average Bonchev–Trinajstić information content (AvgIpc) is 2.55. The number of likely N-dealkylation sites (tertiary alicyclic amines) is 1. The number of nitrogens with one attached hydrogen (secondary N) is 1. The molecule has 0 spiro atoms. The smallest absolute Gasteiger partial charge is 0.407 e. The number of carboxylic acid groups (broad SMARTS) is 1. The van der Waals surface area contributed by atoms with Crippen LogP contribution in [0.25, 0.3) is 0 Å². The lowest BCUT2D eigenvalue weighted by Crippen LogP contribution is -2.50. The number of aliphatic carboxylic acids is 1. The zero-order valence-corrected chi connectivity index (χ0v) is 13.3. The third-order valence-electron chi connectivity index (χ3n) is 2.61. The van der Waals surface area contributed by atoms with Crippen LogP contribution in [0.3, 0.4) is 0 Å². The fourth-order valence-electron chi connectivity index (χ4n) is 1.81. The number of amides is 2. The minimum atomic E-state index is -1.16. The first-order chi connectivity index (χ1) is 9.10. The number of alkyl halides is 1. The van der Waals surface area contributed by atoms with E-state index < -0.39 is 23.7 Å². The second-order valence-electron chi connectivity index (χ2n) is 5.58. The Morgan fingerprint density at radius 2 is 2.15 bits per heavy atom. The molecule has 1 rings (SSSR count). The highest BCUT2D eigenvalue weighted by Crippen LogP contribution is 2.20. The first-order valence-electron chi connectivity index (χ1n) is 6.23. The molecule has 8 heteroatoms. The van der Waals surface area contributed by atoms with Crippen molar-refractivity contribution >= 4 is 33.9 Å². The van der Waals surface area contributed by atoms with Gasteiger partial charge in [0.2, 0.25) is 5.91 Å². The van der Waals surface area contributed by atoms with Crippen molar-refractivity contribution in [1.29, 1.82) is 0 Å². The van der Waals surface area contributed by atoms with Gasteiger partial charge in [-0.15, -0.1) is 0 Å². The molecular formula is C12H19BrN2O5. The number of hydrogen-bond acceptors (Lipinski definition) is 4. The molecule has 0 aliphatic carbocycles. The normalized spacial score (nSPS) is 20.7. The van der Waals surface area contributed by atoms with Crippen LogP contribution >= 0.6 is 15.9 Å². The molecule has 2 amide bonds. The highest BCUT2D eigenvalue weighted by Gasteiger charge is 2.37. The summed E-state index contributed by atoms with van der Waals surface area (Å²) < 4.78 is 5.02. The van der Waals surface area contributed by atoms with E-state index in [1.807, 2.05) is 0 Å². The largest absolute Gasteiger partial charge is 0.480 e. The Morgan fingerprint density at radius 3 is 2.55 bits per heavy atom. The Labute approximate surface area is 125 Å². The summed E-state index contributed by atoms with van der Waals surface area (Å²) in [7, 11) is 0. The van der Waals surface area contributed by atoms with Gasteiger partial charge in [0, 0.05) is 17.8 Å². The van der Waals surface area contributed by atoms with Gasteiger partial charge in [-0.2, -0.15) is 0 Å². The van der Waals surface area contributed by atoms with E-state index >= 15 is 0 Å². The van der Waals surface area contributed by atoms with Crippen molar-refractivity contribution in [1.82, 2.24) is 10.2 Å². The van der Waals surface area contributed by atoms with Crippen molar-refractivity contribution < 1.29 is 24.2 Å². The maximum absolute atomic E-state index is 11.7. The molecule has 1 heterocycles. The topological polar surface area (TPSA) is 95.9 Å². The molecule has 2 atom stereocenters. The summed E-state index contributed by atoms with van der Waals surface area (Å²) in [5, 5.41) is 11.6. The van der Waals surface area contributed by atoms with Crippen molar-refractivity contribution in [3.8, 4) is 0 Å². The molecule has 114 valence electrons. The molecule has 1 aliphatic rings. The van der Waals surface area contributed by atoms with Crippen LogP contribution in [0.5, 0.6) is 0 Å². The molecule has 1 unspecified atom stereocenters. The SMILES string of the molecule is CC(C)(C)OC(=O)NC[C@H](C(=O)O)N1CC(Br)CC1=O. The number of carbonyl (C=O) groups is 3. The molecule has 0 saturated carbocycles. The number of hydrogen-bond donors (Lipinski definition) is 2. The predicted octanol–water partition coefficient (Wildman–Crippen LogP) is 0.960. The number of halogens is 1. The second-order valence-corrected chi connectivity index (χ2v) is 6.88. The third-order valence-corrected chi connectivity index (χ3v) is 3.22. The number of carboxylic acids is 1. The van der Waals surface area contributed by atoms with E-state index in [0.29, 0.717) is 6.54 Å². The Hall–Kier alpha value is -1.31.